The van der Waals surface area contributed by atoms with Crippen LogP contribution in [0.25, 0.3) is 0 Å². The van der Waals surface area contributed by atoms with Crippen LogP contribution in [0.15, 0.2) is 68.5 Å². The first kappa shape index (κ1) is 20.5. The Labute approximate surface area is 195 Å². The van der Waals surface area contributed by atoms with Gasteiger partial charge in [0.2, 0.25) is 6.79 Å². The summed E-state index contributed by atoms with van der Waals surface area (Å²) in [6.07, 6.45) is 0.136. The van der Waals surface area contributed by atoms with E-state index >= 15 is 0 Å². The molecule has 3 aromatic rings. The van der Waals surface area contributed by atoms with E-state index in [1.165, 1.54) is 6.07 Å². The highest BCUT2D eigenvalue weighted by atomic mass is 79.9. The molecular weight excluding hydrogens is 531 g/mol. The first-order valence-corrected chi connectivity index (χ1v) is 11.2. The molecule has 0 bridgehead atoms. The fourth-order valence-electron chi connectivity index (χ4n) is 3.81. The van der Waals surface area contributed by atoms with E-state index in [9.17, 15) is 9.50 Å². The summed E-state index contributed by atoms with van der Waals surface area (Å²) in [7, 11) is 0. The van der Waals surface area contributed by atoms with Crippen molar-refractivity contribution in [2.24, 2.45) is 4.99 Å². The van der Waals surface area contributed by atoms with Crippen LogP contribution in [0.4, 0.5) is 4.39 Å². The van der Waals surface area contributed by atoms with Crippen LogP contribution in [0.3, 0.4) is 0 Å². The molecular formula is C23H17Br2FN2O3. The molecule has 2 atom stereocenters. The van der Waals surface area contributed by atoms with Gasteiger partial charge in [-0.2, -0.15) is 0 Å². The van der Waals surface area contributed by atoms with Gasteiger partial charge in [0.05, 0.1) is 4.47 Å². The monoisotopic (exact) mass is 546 g/mol. The van der Waals surface area contributed by atoms with E-state index in [1.54, 1.807) is 24.3 Å². The molecule has 158 valence electrons. The van der Waals surface area contributed by atoms with Crippen molar-refractivity contribution in [3.8, 4) is 17.2 Å². The third-order valence-electron chi connectivity index (χ3n) is 5.37. The Morgan fingerprint density at radius 1 is 1.00 bits per heavy atom. The first-order chi connectivity index (χ1) is 15.0. The van der Waals surface area contributed by atoms with Crippen LogP contribution < -0.4 is 14.8 Å². The van der Waals surface area contributed by atoms with Gasteiger partial charge >= 0.3 is 0 Å². The number of nitrogens with zero attached hydrogens (tertiary/aromatic N) is 1. The largest absolute Gasteiger partial charge is 0.508 e. The number of ether oxygens (including phenoxy) is 2. The number of aromatic hydroxyl groups is 1. The van der Waals surface area contributed by atoms with E-state index in [0.29, 0.717) is 22.4 Å². The lowest BCUT2D eigenvalue weighted by Gasteiger charge is -2.31. The molecule has 2 aliphatic rings. The van der Waals surface area contributed by atoms with Gasteiger partial charge in [-0.25, -0.2) is 4.39 Å². The second-order valence-electron chi connectivity index (χ2n) is 7.35. The van der Waals surface area contributed by atoms with Gasteiger partial charge in [-0.3, -0.25) is 10.3 Å². The van der Waals surface area contributed by atoms with Crippen LogP contribution in [-0.2, 0) is 0 Å². The molecule has 0 aliphatic carbocycles. The molecule has 5 nitrogen and oxygen atoms in total. The van der Waals surface area contributed by atoms with E-state index in [2.05, 4.69) is 37.2 Å². The number of nitrogens with one attached hydrogen (secondary N) is 1. The van der Waals surface area contributed by atoms with Crippen molar-refractivity contribution in [2.45, 2.75) is 18.6 Å². The van der Waals surface area contributed by atoms with E-state index in [0.717, 1.165) is 26.9 Å². The number of aliphatic imine (C=N–C) groups is 1. The predicted molar refractivity (Wildman–Crippen MR) is 122 cm³/mol. The zero-order valence-corrected chi connectivity index (χ0v) is 19.3. The maximum atomic E-state index is 13.8. The Bertz CT molecular complexity index is 1200. The lowest BCUT2D eigenvalue weighted by molar-refractivity contribution is 0.174. The maximum Gasteiger partial charge on any atom is 0.231 e. The minimum absolute atomic E-state index is 0.201. The highest BCUT2D eigenvalue weighted by molar-refractivity contribution is 9.10. The van der Waals surface area contributed by atoms with Gasteiger partial charge in [0.25, 0.3) is 0 Å². The molecule has 0 spiro atoms. The average Bonchev–Trinajstić information content (AvgIpc) is 3.25. The molecule has 2 N–H and O–H groups in total. The summed E-state index contributed by atoms with van der Waals surface area (Å²) in [5.74, 6) is 1.26. The maximum absolute atomic E-state index is 13.8. The Morgan fingerprint density at radius 2 is 1.84 bits per heavy atom. The highest BCUT2D eigenvalue weighted by Crippen LogP contribution is 2.38. The number of phenols is 1. The molecule has 31 heavy (non-hydrogen) atoms. The van der Waals surface area contributed by atoms with Crippen molar-refractivity contribution in [3.63, 3.8) is 0 Å². The van der Waals surface area contributed by atoms with Crippen molar-refractivity contribution in [1.29, 1.82) is 0 Å². The van der Waals surface area contributed by atoms with E-state index in [1.807, 2.05) is 24.3 Å². The lowest BCUT2D eigenvalue weighted by Crippen LogP contribution is -2.33. The second kappa shape index (κ2) is 8.26. The number of fused-ring (bicyclic) bond motifs is 1. The second-order valence-corrected chi connectivity index (χ2v) is 9.12. The van der Waals surface area contributed by atoms with Crippen molar-refractivity contribution in [1.82, 2.24) is 5.32 Å². The first-order valence-electron chi connectivity index (χ1n) is 9.64. The van der Waals surface area contributed by atoms with Gasteiger partial charge in [0, 0.05) is 28.2 Å². The number of rotatable bonds is 3. The van der Waals surface area contributed by atoms with Crippen LogP contribution in [-0.4, -0.2) is 17.6 Å². The molecule has 0 saturated heterocycles. The Morgan fingerprint density at radius 3 is 2.68 bits per heavy atom. The zero-order chi connectivity index (χ0) is 21.5. The van der Waals surface area contributed by atoms with Crippen LogP contribution in [0.5, 0.6) is 17.2 Å². The molecule has 0 unspecified atom stereocenters. The molecule has 2 aliphatic heterocycles. The molecule has 0 saturated carbocycles. The van der Waals surface area contributed by atoms with E-state index in [4.69, 9.17) is 14.5 Å². The van der Waals surface area contributed by atoms with Gasteiger partial charge in [-0.1, -0.05) is 22.0 Å². The van der Waals surface area contributed by atoms with Gasteiger partial charge in [-0.15, -0.1) is 0 Å². The van der Waals surface area contributed by atoms with Crippen molar-refractivity contribution in [3.05, 3.63) is 86.1 Å². The fraction of sp³-hybridized carbons (Fsp3) is 0.174. The molecule has 0 radical (unpaired) electrons. The summed E-state index contributed by atoms with van der Waals surface area (Å²) < 4.78 is 26.0. The zero-order valence-electron chi connectivity index (χ0n) is 16.1. The predicted octanol–water partition coefficient (Wildman–Crippen LogP) is 6.01. The number of hydrogen-bond acceptors (Lipinski definition) is 5. The standard InChI is InChI=1S/C23H17Br2FN2O3/c24-14-3-5-20(29)15(9-14)19-10-18(12-2-6-21-22(8-12)31-11-30-21)27-23(28-19)13-1-4-17(26)16(25)7-13/h1-9,19,23,28-29H,10-11H2/t19-,23-/m0/s1. The van der Waals surface area contributed by atoms with E-state index < -0.39 is 6.17 Å². The quantitative estimate of drug-likeness (QED) is 0.421. The minimum Gasteiger partial charge on any atom is -0.508 e. The molecule has 0 fully saturated rings. The third-order valence-corrected chi connectivity index (χ3v) is 6.47. The smallest absolute Gasteiger partial charge is 0.231 e. The lowest BCUT2D eigenvalue weighted by atomic mass is 9.93. The number of phenolic OH excluding ortho intramolecular Hbond substituents is 1. The topological polar surface area (TPSA) is 63.1 Å². The van der Waals surface area contributed by atoms with Crippen molar-refractivity contribution >= 4 is 37.6 Å². The SMILES string of the molecule is Oc1ccc(Br)cc1[C@@H]1CC(c2ccc3c(c2)OCO3)=N[C@H](c2ccc(F)c(Br)c2)N1. The molecule has 5 rings (SSSR count). The normalized spacial score (nSPS) is 19.9. The number of halogens is 3. The van der Waals surface area contributed by atoms with E-state index in [-0.39, 0.29) is 24.4 Å². The van der Waals surface area contributed by atoms with Crippen molar-refractivity contribution < 1.29 is 19.0 Å². The van der Waals surface area contributed by atoms with Crippen molar-refractivity contribution in [2.75, 3.05) is 6.79 Å². The Kier molecular flexibility index (Phi) is 5.45. The summed E-state index contributed by atoms with van der Waals surface area (Å²) in [6, 6.07) is 15.7. The number of hydrogen-bond donors (Lipinski definition) is 2. The summed E-state index contributed by atoms with van der Waals surface area (Å²) >= 11 is 6.75. The van der Waals surface area contributed by atoms with Gasteiger partial charge in [-0.05, 0) is 75.6 Å². The van der Waals surface area contributed by atoms with Crippen LogP contribution in [0, 0.1) is 5.82 Å². The fourth-order valence-corrected chi connectivity index (χ4v) is 4.59. The Hall–Kier alpha value is -2.42. The molecule has 8 heteroatoms. The van der Waals surface area contributed by atoms with Gasteiger partial charge in [0.1, 0.15) is 17.7 Å². The summed E-state index contributed by atoms with van der Waals surface area (Å²) in [5.41, 5.74) is 3.34. The summed E-state index contributed by atoms with van der Waals surface area (Å²) in [4.78, 5) is 4.92. The highest BCUT2D eigenvalue weighted by Gasteiger charge is 2.29. The molecule has 2 heterocycles. The third kappa shape index (κ3) is 4.07. The summed E-state index contributed by atoms with van der Waals surface area (Å²) in [5, 5.41) is 14.0. The molecule has 0 aromatic heterocycles. The average molecular weight is 548 g/mol. The number of benzene rings is 3. The molecule has 3 aromatic carbocycles. The van der Waals surface area contributed by atoms with Crippen LogP contribution in [0.1, 0.15) is 35.3 Å². The van der Waals surface area contributed by atoms with Crippen LogP contribution in [0.2, 0.25) is 0 Å². The summed E-state index contributed by atoms with van der Waals surface area (Å²) in [6.45, 7) is 0.202. The van der Waals surface area contributed by atoms with Gasteiger partial charge in [0.15, 0.2) is 11.5 Å². The minimum atomic E-state index is -0.422. The Balaban J connectivity index is 1.58. The van der Waals surface area contributed by atoms with Crippen LogP contribution >= 0.6 is 31.9 Å². The molecule has 0 amide bonds. The van der Waals surface area contributed by atoms with Gasteiger partial charge < -0.3 is 14.6 Å².